The highest BCUT2D eigenvalue weighted by Crippen LogP contribution is 2.55. The minimum atomic E-state index is -0.414. The first kappa shape index (κ1) is 32.7. The van der Waals surface area contributed by atoms with Crippen LogP contribution in [-0.2, 0) is 5.41 Å². The van der Waals surface area contributed by atoms with Crippen LogP contribution >= 0.6 is 0 Å². The Morgan fingerprint density at radius 2 is 1.04 bits per heavy atom. The van der Waals surface area contributed by atoms with Crippen LogP contribution in [0, 0.1) is 65.7 Å². The SMILES string of the molecule is Cc1cc(C2(c3cc(C)c(Oc4ccc([N+](=O)[O-])cc4)c(C)c3)CC(C)CCC2C(C)C)cc(C)c1Oc1ccc([N+](=O)[O-])cc1. The van der Waals surface area contributed by atoms with Crippen molar-refractivity contribution in [2.45, 2.75) is 73.1 Å². The van der Waals surface area contributed by atoms with Crippen LogP contribution in [0.2, 0.25) is 0 Å². The van der Waals surface area contributed by atoms with Crippen LogP contribution in [0.1, 0.15) is 73.4 Å². The molecule has 1 fully saturated rings. The fourth-order valence-corrected chi connectivity index (χ4v) is 7.49. The van der Waals surface area contributed by atoms with Gasteiger partial charge in [0.05, 0.1) is 9.85 Å². The van der Waals surface area contributed by atoms with Crippen LogP contribution in [0.5, 0.6) is 23.0 Å². The van der Waals surface area contributed by atoms with Crippen molar-refractivity contribution in [3.8, 4) is 23.0 Å². The van der Waals surface area contributed by atoms with Crippen LogP contribution in [0.3, 0.4) is 0 Å². The third-order valence-corrected chi connectivity index (χ3v) is 9.56. The van der Waals surface area contributed by atoms with E-state index in [2.05, 4.69) is 72.7 Å². The molecule has 8 heteroatoms. The van der Waals surface area contributed by atoms with E-state index in [0.29, 0.717) is 29.3 Å². The molecule has 1 aliphatic rings. The third kappa shape index (κ3) is 6.34. The average molecular weight is 623 g/mol. The van der Waals surface area contributed by atoms with Gasteiger partial charge in [0.1, 0.15) is 23.0 Å². The van der Waals surface area contributed by atoms with Crippen molar-refractivity contribution in [3.05, 3.63) is 126 Å². The van der Waals surface area contributed by atoms with Crippen molar-refractivity contribution in [2.75, 3.05) is 0 Å². The molecule has 1 saturated carbocycles. The molecule has 0 spiro atoms. The van der Waals surface area contributed by atoms with Crippen molar-refractivity contribution in [3.63, 3.8) is 0 Å². The van der Waals surface area contributed by atoms with Gasteiger partial charge < -0.3 is 9.47 Å². The fourth-order valence-electron chi connectivity index (χ4n) is 7.49. The molecular formula is C38H42N2O6. The molecule has 0 radical (unpaired) electrons. The van der Waals surface area contributed by atoms with Crippen molar-refractivity contribution < 1.29 is 19.3 Å². The highest BCUT2D eigenvalue weighted by molar-refractivity contribution is 5.55. The quantitative estimate of drug-likeness (QED) is 0.136. The number of hydrogen-bond donors (Lipinski definition) is 0. The summed E-state index contributed by atoms with van der Waals surface area (Å²) in [7, 11) is 0. The Morgan fingerprint density at radius 1 is 0.674 bits per heavy atom. The van der Waals surface area contributed by atoms with Crippen molar-refractivity contribution >= 4 is 11.4 Å². The van der Waals surface area contributed by atoms with Crippen LogP contribution in [0.25, 0.3) is 0 Å². The van der Waals surface area contributed by atoms with Crippen LogP contribution < -0.4 is 9.47 Å². The van der Waals surface area contributed by atoms with E-state index in [9.17, 15) is 20.2 Å². The summed E-state index contributed by atoms with van der Waals surface area (Å²) in [5.41, 5.74) is 6.41. The van der Waals surface area contributed by atoms with Crippen molar-refractivity contribution in [1.29, 1.82) is 0 Å². The van der Waals surface area contributed by atoms with Crippen molar-refractivity contribution in [1.82, 2.24) is 0 Å². The highest BCUT2D eigenvalue weighted by atomic mass is 16.6. The minimum Gasteiger partial charge on any atom is -0.457 e. The normalized spacial score (nSPS) is 17.5. The Hall–Kier alpha value is -4.72. The summed E-state index contributed by atoms with van der Waals surface area (Å²) < 4.78 is 12.6. The van der Waals surface area contributed by atoms with Gasteiger partial charge >= 0.3 is 0 Å². The number of benzene rings is 4. The molecule has 0 N–H and O–H groups in total. The Bertz CT molecular complexity index is 1600. The molecule has 0 amide bonds. The Labute approximate surface area is 270 Å². The molecule has 46 heavy (non-hydrogen) atoms. The van der Waals surface area contributed by atoms with E-state index in [1.54, 1.807) is 24.3 Å². The number of nitrogens with zero attached hydrogens (tertiary/aromatic N) is 2. The van der Waals surface area contributed by atoms with Gasteiger partial charge in [-0.1, -0.05) is 51.5 Å². The molecule has 4 aromatic rings. The van der Waals surface area contributed by atoms with Gasteiger partial charge in [-0.2, -0.15) is 0 Å². The van der Waals surface area contributed by atoms with Crippen molar-refractivity contribution in [2.24, 2.45) is 17.8 Å². The molecule has 1 aliphatic carbocycles. The number of nitro benzene ring substituents is 2. The van der Waals surface area contributed by atoms with Gasteiger partial charge in [0.15, 0.2) is 0 Å². The maximum absolute atomic E-state index is 11.1. The molecule has 0 bridgehead atoms. The molecular weight excluding hydrogens is 580 g/mol. The van der Waals surface area contributed by atoms with E-state index < -0.39 is 9.85 Å². The molecule has 4 aromatic carbocycles. The molecule has 0 aromatic heterocycles. The predicted molar refractivity (Wildman–Crippen MR) is 180 cm³/mol. The van der Waals surface area contributed by atoms with Gasteiger partial charge in [-0.15, -0.1) is 0 Å². The summed E-state index contributed by atoms with van der Waals surface area (Å²) >= 11 is 0. The zero-order valence-electron chi connectivity index (χ0n) is 27.6. The Balaban J connectivity index is 1.59. The topological polar surface area (TPSA) is 105 Å². The lowest BCUT2D eigenvalue weighted by molar-refractivity contribution is -0.385. The molecule has 2 atom stereocenters. The number of rotatable bonds is 9. The standard InChI is InChI=1S/C38H42N2O6/c1-23(2)35-17-8-24(3)22-38(35,29-18-25(4)36(26(5)19-29)45-33-13-9-31(10-14-33)39(41)42)30-20-27(6)37(28(7)21-30)46-34-15-11-32(12-16-34)40(43)44/h9-16,18-21,23-24,35H,8,17,22H2,1-7H3. The van der Waals surface area contributed by atoms with Gasteiger partial charge in [-0.25, -0.2) is 0 Å². The summed E-state index contributed by atoms with van der Waals surface area (Å²) in [6.07, 6.45) is 3.32. The first-order valence-electron chi connectivity index (χ1n) is 15.9. The Kier molecular flexibility index (Phi) is 9.20. The van der Waals surface area contributed by atoms with E-state index in [1.807, 2.05) is 0 Å². The lowest BCUT2D eigenvalue weighted by atomic mass is 9.54. The monoisotopic (exact) mass is 622 g/mol. The summed E-state index contributed by atoms with van der Waals surface area (Å²) in [6, 6.07) is 21.5. The summed E-state index contributed by atoms with van der Waals surface area (Å²) in [6.45, 7) is 15.3. The number of aryl methyl sites for hydroxylation is 4. The van der Waals surface area contributed by atoms with Crippen LogP contribution in [-0.4, -0.2) is 9.85 Å². The van der Waals surface area contributed by atoms with E-state index >= 15 is 0 Å². The first-order chi connectivity index (χ1) is 21.8. The predicted octanol–water partition coefficient (Wildman–Crippen LogP) is 10.7. The lowest BCUT2D eigenvalue weighted by Gasteiger charge is -2.50. The molecule has 0 aliphatic heterocycles. The minimum absolute atomic E-state index is 0.0268. The zero-order valence-corrected chi connectivity index (χ0v) is 27.6. The highest BCUT2D eigenvalue weighted by Gasteiger charge is 2.47. The van der Waals surface area contributed by atoms with Gasteiger partial charge in [-0.3, -0.25) is 20.2 Å². The molecule has 0 saturated heterocycles. The van der Waals surface area contributed by atoms with E-state index in [4.69, 9.17) is 9.47 Å². The number of nitro groups is 2. The number of ether oxygens (including phenoxy) is 2. The van der Waals surface area contributed by atoms with Gasteiger partial charge in [0.2, 0.25) is 0 Å². The summed E-state index contributed by atoms with van der Waals surface area (Å²) in [5, 5.41) is 22.2. The third-order valence-electron chi connectivity index (χ3n) is 9.56. The van der Waals surface area contributed by atoms with Gasteiger partial charge in [0.25, 0.3) is 11.4 Å². The molecule has 240 valence electrons. The zero-order chi connectivity index (χ0) is 33.3. The summed E-state index contributed by atoms with van der Waals surface area (Å²) in [5.74, 6) is 4.02. The number of non-ortho nitro benzene ring substituents is 2. The van der Waals surface area contributed by atoms with Crippen LogP contribution in [0.4, 0.5) is 11.4 Å². The lowest BCUT2D eigenvalue weighted by Crippen LogP contribution is -2.44. The van der Waals surface area contributed by atoms with E-state index in [1.165, 1.54) is 41.8 Å². The van der Waals surface area contributed by atoms with Gasteiger partial charge in [-0.05, 0) is 116 Å². The molecule has 8 nitrogen and oxygen atoms in total. The second kappa shape index (κ2) is 12.9. The molecule has 5 rings (SSSR count). The number of hydrogen-bond acceptors (Lipinski definition) is 6. The van der Waals surface area contributed by atoms with E-state index in [0.717, 1.165) is 46.6 Å². The second-order valence-corrected chi connectivity index (χ2v) is 13.3. The van der Waals surface area contributed by atoms with Gasteiger partial charge in [0, 0.05) is 29.7 Å². The first-order valence-corrected chi connectivity index (χ1v) is 15.9. The van der Waals surface area contributed by atoms with Crippen LogP contribution in [0.15, 0.2) is 72.8 Å². The van der Waals surface area contributed by atoms with E-state index in [-0.39, 0.29) is 16.8 Å². The maximum Gasteiger partial charge on any atom is 0.269 e. The largest absolute Gasteiger partial charge is 0.457 e. The average Bonchev–Trinajstić information content (AvgIpc) is 3.00. The molecule has 2 unspecified atom stereocenters. The smallest absolute Gasteiger partial charge is 0.269 e. The molecule has 0 heterocycles. The maximum atomic E-state index is 11.1. The summed E-state index contributed by atoms with van der Waals surface area (Å²) in [4.78, 5) is 21.4. The second-order valence-electron chi connectivity index (χ2n) is 13.3. The Morgan fingerprint density at radius 3 is 1.37 bits per heavy atom. The fraction of sp³-hybridized carbons (Fsp3) is 0.368.